The largest absolute Gasteiger partial charge is 0.493 e. The van der Waals surface area contributed by atoms with Gasteiger partial charge in [-0.05, 0) is 37.1 Å². The van der Waals surface area contributed by atoms with Crippen molar-refractivity contribution in [3.8, 4) is 16.3 Å². The van der Waals surface area contributed by atoms with Crippen molar-refractivity contribution >= 4 is 27.1 Å². The minimum Gasteiger partial charge on any atom is -0.493 e. The Morgan fingerprint density at radius 1 is 1.40 bits per heavy atom. The lowest BCUT2D eigenvalue weighted by molar-refractivity contribution is 0.0944. The summed E-state index contributed by atoms with van der Waals surface area (Å²) in [7, 11) is -3.02. The fourth-order valence-corrected chi connectivity index (χ4v) is 5.85. The molecule has 4 rings (SSSR count). The Labute approximate surface area is 150 Å². The third kappa shape index (κ3) is 3.28. The Morgan fingerprint density at radius 3 is 3.00 bits per heavy atom. The Bertz CT molecular complexity index is 950. The molecule has 132 valence electrons. The molecule has 1 atom stereocenters. The van der Waals surface area contributed by atoms with E-state index in [2.05, 4.69) is 16.4 Å². The monoisotopic (exact) mass is 378 g/mol. The zero-order chi connectivity index (χ0) is 17.6. The van der Waals surface area contributed by atoms with E-state index in [1.54, 1.807) is 6.92 Å². The predicted octanol–water partition coefficient (Wildman–Crippen LogP) is 1.97. The highest BCUT2D eigenvalue weighted by Crippen LogP contribution is 2.33. The van der Waals surface area contributed by atoms with Gasteiger partial charge in [0.2, 0.25) is 0 Å². The maximum Gasteiger partial charge on any atom is 0.263 e. The lowest BCUT2D eigenvalue weighted by atomic mass is 10.1. The first-order chi connectivity index (χ1) is 11.9. The summed E-state index contributed by atoms with van der Waals surface area (Å²) in [5, 5.41) is 3.62. The fourth-order valence-electron chi connectivity index (χ4n) is 3.21. The summed E-state index contributed by atoms with van der Waals surface area (Å²) in [5.41, 5.74) is 2.79. The Morgan fingerprint density at radius 2 is 2.24 bits per heavy atom. The van der Waals surface area contributed by atoms with E-state index in [-0.39, 0.29) is 23.5 Å². The third-order valence-corrected chi connectivity index (χ3v) is 7.48. The molecule has 0 bridgehead atoms. The van der Waals surface area contributed by atoms with Gasteiger partial charge in [-0.25, -0.2) is 13.4 Å². The average molecular weight is 378 g/mol. The molecule has 2 aliphatic rings. The minimum absolute atomic E-state index is 0.0221. The number of fused-ring (bicyclic) bond motifs is 1. The number of aromatic nitrogens is 1. The van der Waals surface area contributed by atoms with Crippen molar-refractivity contribution in [2.24, 2.45) is 0 Å². The molecule has 3 heterocycles. The molecule has 1 fully saturated rings. The number of ether oxygens (including phenoxy) is 1. The van der Waals surface area contributed by atoms with Gasteiger partial charge in [-0.15, -0.1) is 11.3 Å². The Hall–Kier alpha value is -1.93. The summed E-state index contributed by atoms with van der Waals surface area (Å²) in [6.45, 7) is 2.50. The zero-order valence-electron chi connectivity index (χ0n) is 13.7. The summed E-state index contributed by atoms with van der Waals surface area (Å²) < 4.78 is 28.6. The molecular formula is C17H18N2O4S2. The SMILES string of the molecule is Cc1nc(-c2ccc3c(c2)CCO3)sc1C(=O)NC1CCS(=O)(=O)C1. The van der Waals surface area contributed by atoms with Crippen molar-refractivity contribution in [1.29, 1.82) is 0 Å². The van der Waals surface area contributed by atoms with E-state index in [9.17, 15) is 13.2 Å². The Balaban J connectivity index is 1.55. The standard InChI is InChI=1S/C17H18N2O4S2/c1-10-15(16(20)19-13-5-7-25(21,22)9-13)24-17(18-10)12-2-3-14-11(8-12)4-6-23-14/h2-3,8,13H,4-7,9H2,1H3,(H,19,20). The first-order valence-electron chi connectivity index (χ1n) is 8.16. The molecule has 1 saturated heterocycles. The summed E-state index contributed by atoms with van der Waals surface area (Å²) >= 11 is 1.34. The molecule has 1 aromatic carbocycles. The number of nitrogens with one attached hydrogen (secondary N) is 1. The van der Waals surface area contributed by atoms with E-state index in [1.807, 2.05) is 12.1 Å². The number of thiazole rings is 1. The fraction of sp³-hybridized carbons (Fsp3) is 0.412. The first kappa shape index (κ1) is 16.5. The van der Waals surface area contributed by atoms with E-state index in [0.29, 0.717) is 23.6 Å². The number of hydrogen-bond acceptors (Lipinski definition) is 6. The van der Waals surface area contributed by atoms with Gasteiger partial charge in [-0.2, -0.15) is 0 Å². The molecule has 2 aromatic rings. The molecule has 25 heavy (non-hydrogen) atoms. The van der Waals surface area contributed by atoms with Crippen molar-refractivity contribution in [2.45, 2.75) is 25.8 Å². The number of carbonyl (C=O) groups excluding carboxylic acids is 1. The minimum atomic E-state index is -3.02. The molecule has 1 N–H and O–H groups in total. The predicted molar refractivity (Wildman–Crippen MR) is 96.0 cm³/mol. The van der Waals surface area contributed by atoms with E-state index in [0.717, 1.165) is 28.3 Å². The van der Waals surface area contributed by atoms with Crippen LogP contribution in [0.1, 0.15) is 27.3 Å². The molecule has 1 aromatic heterocycles. The van der Waals surface area contributed by atoms with Crippen LogP contribution in [0.25, 0.3) is 10.6 Å². The van der Waals surface area contributed by atoms with Crippen molar-refractivity contribution < 1.29 is 17.9 Å². The van der Waals surface area contributed by atoms with Crippen LogP contribution >= 0.6 is 11.3 Å². The van der Waals surface area contributed by atoms with Crippen LogP contribution in [0, 0.1) is 6.92 Å². The quantitative estimate of drug-likeness (QED) is 0.883. The number of hydrogen-bond donors (Lipinski definition) is 1. The van der Waals surface area contributed by atoms with Crippen LogP contribution in [0.2, 0.25) is 0 Å². The summed E-state index contributed by atoms with van der Waals surface area (Å²) in [5.74, 6) is 0.835. The van der Waals surface area contributed by atoms with Gasteiger partial charge in [0.05, 0.1) is 23.8 Å². The summed E-state index contributed by atoms with van der Waals surface area (Å²) in [6.07, 6.45) is 1.36. The normalized spacial score (nSPS) is 20.9. The molecule has 0 saturated carbocycles. The first-order valence-corrected chi connectivity index (χ1v) is 10.8. The van der Waals surface area contributed by atoms with Gasteiger partial charge in [-0.1, -0.05) is 0 Å². The van der Waals surface area contributed by atoms with Gasteiger partial charge in [0, 0.05) is 18.0 Å². The average Bonchev–Trinajstić information content (AvgIpc) is 3.25. The van der Waals surface area contributed by atoms with E-state index < -0.39 is 9.84 Å². The van der Waals surface area contributed by atoms with Gasteiger partial charge >= 0.3 is 0 Å². The molecule has 2 aliphatic heterocycles. The lowest BCUT2D eigenvalue weighted by Crippen LogP contribution is -2.35. The molecule has 1 unspecified atom stereocenters. The number of nitrogens with zero attached hydrogens (tertiary/aromatic N) is 1. The maximum absolute atomic E-state index is 12.5. The van der Waals surface area contributed by atoms with Crippen molar-refractivity contribution in [1.82, 2.24) is 10.3 Å². The number of rotatable bonds is 3. The van der Waals surface area contributed by atoms with Gasteiger partial charge in [0.15, 0.2) is 9.84 Å². The number of amides is 1. The van der Waals surface area contributed by atoms with Crippen LogP contribution in [-0.2, 0) is 16.3 Å². The summed E-state index contributed by atoms with van der Waals surface area (Å²) in [4.78, 5) is 17.6. The number of benzene rings is 1. The van der Waals surface area contributed by atoms with Gasteiger partial charge in [0.1, 0.15) is 15.6 Å². The lowest BCUT2D eigenvalue weighted by Gasteiger charge is -2.09. The number of sulfone groups is 1. The van der Waals surface area contributed by atoms with Crippen LogP contribution in [0.5, 0.6) is 5.75 Å². The van der Waals surface area contributed by atoms with Crippen LogP contribution in [0.15, 0.2) is 18.2 Å². The van der Waals surface area contributed by atoms with Gasteiger partial charge < -0.3 is 10.1 Å². The maximum atomic E-state index is 12.5. The van der Waals surface area contributed by atoms with Crippen LogP contribution in [0.4, 0.5) is 0 Å². The molecule has 6 nitrogen and oxygen atoms in total. The van der Waals surface area contributed by atoms with Crippen molar-refractivity contribution in [3.63, 3.8) is 0 Å². The van der Waals surface area contributed by atoms with Gasteiger partial charge in [-0.3, -0.25) is 4.79 Å². The molecule has 8 heteroatoms. The second kappa shape index (κ2) is 6.10. The van der Waals surface area contributed by atoms with Crippen molar-refractivity contribution in [2.75, 3.05) is 18.1 Å². The van der Waals surface area contributed by atoms with E-state index >= 15 is 0 Å². The molecule has 0 spiro atoms. The smallest absolute Gasteiger partial charge is 0.263 e. The highest BCUT2D eigenvalue weighted by Gasteiger charge is 2.30. The second-order valence-electron chi connectivity index (χ2n) is 6.43. The summed E-state index contributed by atoms with van der Waals surface area (Å²) in [6, 6.07) is 5.65. The molecule has 1 amide bonds. The number of carbonyl (C=O) groups is 1. The second-order valence-corrected chi connectivity index (χ2v) is 9.66. The third-order valence-electron chi connectivity index (χ3n) is 4.51. The Kier molecular flexibility index (Phi) is 4.04. The molecular weight excluding hydrogens is 360 g/mol. The molecule has 0 radical (unpaired) electrons. The van der Waals surface area contributed by atoms with E-state index in [4.69, 9.17) is 4.74 Å². The highest BCUT2D eigenvalue weighted by molar-refractivity contribution is 7.91. The highest BCUT2D eigenvalue weighted by atomic mass is 32.2. The van der Waals surface area contributed by atoms with Crippen LogP contribution < -0.4 is 10.1 Å². The van der Waals surface area contributed by atoms with Crippen LogP contribution in [0.3, 0.4) is 0 Å². The zero-order valence-corrected chi connectivity index (χ0v) is 15.4. The molecule has 0 aliphatic carbocycles. The van der Waals surface area contributed by atoms with Crippen LogP contribution in [-0.4, -0.2) is 43.5 Å². The van der Waals surface area contributed by atoms with Gasteiger partial charge in [0.25, 0.3) is 5.91 Å². The van der Waals surface area contributed by atoms with Crippen molar-refractivity contribution in [3.05, 3.63) is 34.3 Å². The topological polar surface area (TPSA) is 85.4 Å². The number of aryl methyl sites for hydroxylation is 1. The van der Waals surface area contributed by atoms with E-state index in [1.165, 1.54) is 11.3 Å².